The summed E-state index contributed by atoms with van der Waals surface area (Å²) in [6.45, 7) is 6.19. The van der Waals surface area contributed by atoms with E-state index in [4.69, 9.17) is 4.74 Å². The highest BCUT2D eigenvalue weighted by Crippen LogP contribution is 2.29. The second-order valence-electron chi connectivity index (χ2n) is 6.07. The van der Waals surface area contributed by atoms with Crippen LogP contribution in [0, 0.1) is 10.1 Å². The molecule has 1 aromatic carbocycles. The summed E-state index contributed by atoms with van der Waals surface area (Å²) < 4.78 is 5.24. The van der Waals surface area contributed by atoms with Crippen molar-refractivity contribution in [2.24, 2.45) is 0 Å². The number of nitrogens with zero attached hydrogens (tertiary/aromatic N) is 4. The highest BCUT2D eigenvalue weighted by Gasteiger charge is 2.25. The fourth-order valence-corrected chi connectivity index (χ4v) is 3.94. The van der Waals surface area contributed by atoms with Gasteiger partial charge in [0.2, 0.25) is 0 Å². The minimum Gasteiger partial charge on any atom is -0.380 e. The third-order valence-corrected chi connectivity index (χ3v) is 5.53. The summed E-state index contributed by atoms with van der Waals surface area (Å²) in [7, 11) is 1.61. The lowest BCUT2D eigenvalue weighted by atomic mass is 10.1. The largest absolute Gasteiger partial charge is 0.380 e. The molecule has 2 heterocycles. The SMILES string of the molecule is COCc1cc([N+](=O)[O-])ccc1N1CCN(C(C)c2nccs2)CC1. The molecular formula is C17H22N4O3S. The molecule has 0 N–H and O–H groups in total. The van der Waals surface area contributed by atoms with E-state index in [2.05, 4.69) is 21.7 Å². The van der Waals surface area contributed by atoms with Crippen LogP contribution >= 0.6 is 11.3 Å². The van der Waals surface area contributed by atoms with Crippen molar-refractivity contribution in [3.8, 4) is 0 Å². The molecule has 1 atom stereocenters. The van der Waals surface area contributed by atoms with E-state index in [0.29, 0.717) is 12.6 Å². The van der Waals surface area contributed by atoms with Gasteiger partial charge in [0, 0.05) is 68.2 Å². The monoisotopic (exact) mass is 362 g/mol. The van der Waals surface area contributed by atoms with Crippen LogP contribution in [0.4, 0.5) is 11.4 Å². The first-order valence-electron chi connectivity index (χ1n) is 8.24. The molecule has 0 spiro atoms. The summed E-state index contributed by atoms with van der Waals surface area (Å²) in [5, 5.41) is 14.2. The standard InChI is InChI=1S/C17H22N4O3S/c1-13(17-18-5-10-25-17)19-6-8-20(9-7-19)16-4-3-15(21(22)23)11-14(16)12-24-2/h3-5,10-11,13H,6-9,12H2,1-2H3. The van der Waals surface area contributed by atoms with Gasteiger partial charge in [-0.2, -0.15) is 0 Å². The zero-order valence-corrected chi connectivity index (χ0v) is 15.2. The zero-order chi connectivity index (χ0) is 17.8. The van der Waals surface area contributed by atoms with Gasteiger partial charge in [-0.25, -0.2) is 4.98 Å². The molecule has 1 aliphatic rings. The van der Waals surface area contributed by atoms with Crippen molar-refractivity contribution in [1.29, 1.82) is 0 Å². The zero-order valence-electron chi connectivity index (χ0n) is 14.4. The summed E-state index contributed by atoms with van der Waals surface area (Å²) in [5.41, 5.74) is 1.99. The summed E-state index contributed by atoms with van der Waals surface area (Å²) >= 11 is 1.69. The number of piperazine rings is 1. The molecule has 1 aromatic heterocycles. The van der Waals surface area contributed by atoms with E-state index in [-0.39, 0.29) is 10.6 Å². The number of thiazole rings is 1. The number of non-ortho nitro benzene ring substituents is 1. The van der Waals surface area contributed by atoms with Crippen molar-refractivity contribution >= 4 is 22.7 Å². The third kappa shape index (κ3) is 3.97. The Morgan fingerprint density at radius 2 is 2.12 bits per heavy atom. The van der Waals surface area contributed by atoms with Crippen molar-refractivity contribution < 1.29 is 9.66 Å². The maximum atomic E-state index is 11.0. The number of hydrogen-bond donors (Lipinski definition) is 0. The third-order valence-electron chi connectivity index (χ3n) is 4.59. The van der Waals surface area contributed by atoms with Crippen LogP contribution in [0.15, 0.2) is 29.8 Å². The van der Waals surface area contributed by atoms with Crippen LogP contribution in [0.1, 0.15) is 23.5 Å². The number of rotatable bonds is 6. The molecule has 0 aliphatic carbocycles. The molecule has 1 unspecified atom stereocenters. The van der Waals surface area contributed by atoms with Gasteiger partial charge in [0.1, 0.15) is 5.01 Å². The van der Waals surface area contributed by atoms with E-state index in [1.165, 1.54) is 0 Å². The average molecular weight is 362 g/mol. The van der Waals surface area contributed by atoms with Gasteiger partial charge < -0.3 is 9.64 Å². The first-order valence-corrected chi connectivity index (χ1v) is 9.12. The van der Waals surface area contributed by atoms with Crippen molar-refractivity contribution in [3.05, 3.63) is 50.5 Å². The van der Waals surface area contributed by atoms with Gasteiger partial charge in [0.25, 0.3) is 5.69 Å². The molecule has 0 amide bonds. The molecule has 7 nitrogen and oxygen atoms in total. The maximum absolute atomic E-state index is 11.0. The Bertz CT molecular complexity index is 715. The number of hydrogen-bond acceptors (Lipinski definition) is 7. The van der Waals surface area contributed by atoms with Crippen molar-refractivity contribution in [2.75, 3.05) is 38.2 Å². The fourth-order valence-electron chi connectivity index (χ4n) is 3.21. The van der Waals surface area contributed by atoms with E-state index in [9.17, 15) is 10.1 Å². The topological polar surface area (TPSA) is 71.7 Å². The van der Waals surface area contributed by atoms with Crippen molar-refractivity contribution in [3.63, 3.8) is 0 Å². The van der Waals surface area contributed by atoms with Gasteiger partial charge in [0.05, 0.1) is 17.6 Å². The Labute approximate surface area is 151 Å². The van der Waals surface area contributed by atoms with Gasteiger partial charge >= 0.3 is 0 Å². The Balaban J connectivity index is 1.71. The molecule has 1 fully saturated rings. The van der Waals surface area contributed by atoms with Gasteiger partial charge in [-0.1, -0.05) is 0 Å². The summed E-state index contributed by atoms with van der Waals surface area (Å²) in [6.07, 6.45) is 1.85. The first-order chi connectivity index (χ1) is 12.1. The van der Waals surface area contributed by atoms with E-state index < -0.39 is 0 Å². The van der Waals surface area contributed by atoms with Crippen molar-refractivity contribution in [1.82, 2.24) is 9.88 Å². The molecule has 1 aliphatic heterocycles. The number of nitro groups is 1. The van der Waals surface area contributed by atoms with Crippen LogP contribution < -0.4 is 4.90 Å². The van der Waals surface area contributed by atoms with E-state index in [1.807, 2.05) is 17.6 Å². The normalized spacial score (nSPS) is 16.8. The highest BCUT2D eigenvalue weighted by atomic mass is 32.1. The minimum atomic E-state index is -0.364. The number of aromatic nitrogens is 1. The molecule has 8 heteroatoms. The number of anilines is 1. The van der Waals surface area contributed by atoms with E-state index in [1.54, 1.807) is 30.6 Å². The smallest absolute Gasteiger partial charge is 0.269 e. The Morgan fingerprint density at radius 1 is 1.36 bits per heavy atom. The highest BCUT2D eigenvalue weighted by molar-refractivity contribution is 7.09. The van der Waals surface area contributed by atoms with E-state index in [0.717, 1.165) is 42.4 Å². The van der Waals surface area contributed by atoms with Crippen molar-refractivity contribution in [2.45, 2.75) is 19.6 Å². The Hall–Kier alpha value is -2.03. The van der Waals surface area contributed by atoms with Crippen LogP contribution in [-0.4, -0.2) is 48.1 Å². The van der Waals surface area contributed by atoms with Crippen LogP contribution in [0.5, 0.6) is 0 Å². The molecular weight excluding hydrogens is 340 g/mol. The molecule has 0 radical (unpaired) electrons. The van der Waals surface area contributed by atoms with Gasteiger partial charge in [-0.15, -0.1) is 11.3 Å². The number of methoxy groups -OCH3 is 1. The summed E-state index contributed by atoms with van der Waals surface area (Å²) in [4.78, 5) is 19.8. The summed E-state index contributed by atoms with van der Waals surface area (Å²) in [5.74, 6) is 0. The predicted octanol–water partition coefficient (Wildman–Crippen LogP) is 3.08. The first kappa shape index (κ1) is 17.8. The van der Waals surface area contributed by atoms with E-state index >= 15 is 0 Å². The lowest BCUT2D eigenvalue weighted by Gasteiger charge is -2.39. The molecule has 0 saturated carbocycles. The quantitative estimate of drug-likeness (QED) is 0.581. The molecule has 0 bridgehead atoms. The Kier molecular flexibility index (Phi) is 5.62. The van der Waals surface area contributed by atoms with Gasteiger partial charge in [-0.3, -0.25) is 15.0 Å². The summed E-state index contributed by atoms with van der Waals surface area (Å²) in [6, 6.07) is 5.34. The molecule has 134 valence electrons. The van der Waals surface area contributed by atoms with Crippen LogP contribution in [0.3, 0.4) is 0 Å². The molecule has 2 aromatic rings. The molecule has 1 saturated heterocycles. The predicted molar refractivity (Wildman–Crippen MR) is 98.1 cm³/mol. The number of nitro benzene ring substituents is 1. The van der Waals surface area contributed by atoms with Crippen LogP contribution in [0.25, 0.3) is 0 Å². The molecule has 25 heavy (non-hydrogen) atoms. The maximum Gasteiger partial charge on any atom is 0.269 e. The lowest BCUT2D eigenvalue weighted by Crippen LogP contribution is -2.47. The van der Waals surface area contributed by atoms with Gasteiger partial charge in [0.15, 0.2) is 0 Å². The lowest BCUT2D eigenvalue weighted by molar-refractivity contribution is -0.384. The number of benzene rings is 1. The number of ether oxygens (including phenoxy) is 1. The molecule has 3 rings (SSSR count). The second-order valence-corrected chi connectivity index (χ2v) is 7.00. The van der Waals surface area contributed by atoms with Crippen LogP contribution in [0.2, 0.25) is 0 Å². The van der Waals surface area contributed by atoms with Gasteiger partial charge in [-0.05, 0) is 13.0 Å². The fraction of sp³-hybridized carbons (Fsp3) is 0.471. The van der Waals surface area contributed by atoms with Crippen LogP contribution in [-0.2, 0) is 11.3 Å². The second kappa shape index (κ2) is 7.90. The Morgan fingerprint density at radius 3 is 2.72 bits per heavy atom. The average Bonchev–Trinajstić information content (AvgIpc) is 3.16. The minimum absolute atomic E-state index is 0.104.